The van der Waals surface area contributed by atoms with Gasteiger partial charge in [0.15, 0.2) is 0 Å². The molecule has 27 heavy (non-hydrogen) atoms. The maximum Gasteiger partial charge on any atom is 0.328 e. The Kier molecular flexibility index (Phi) is 5.99. The minimum absolute atomic E-state index is 0.0454. The molecular formula is C19H24N4O4. The molecule has 0 aliphatic heterocycles. The fourth-order valence-electron chi connectivity index (χ4n) is 2.48. The Morgan fingerprint density at radius 1 is 1.15 bits per heavy atom. The van der Waals surface area contributed by atoms with Gasteiger partial charge in [-0.25, -0.2) is 4.79 Å². The first-order chi connectivity index (χ1) is 12.6. The van der Waals surface area contributed by atoms with Gasteiger partial charge in [-0.3, -0.25) is 19.4 Å². The van der Waals surface area contributed by atoms with Crippen LogP contribution in [0.15, 0.2) is 40.1 Å². The lowest BCUT2D eigenvalue weighted by Crippen LogP contribution is -2.40. The van der Waals surface area contributed by atoms with E-state index in [0.29, 0.717) is 16.8 Å². The monoisotopic (exact) mass is 372 g/mol. The van der Waals surface area contributed by atoms with Crippen molar-refractivity contribution in [3.8, 4) is 0 Å². The van der Waals surface area contributed by atoms with Crippen molar-refractivity contribution in [2.45, 2.75) is 46.2 Å². The van der Waals surface area contributed by atoms with Crippen LogP contribution >= 0.6 is 0 Å². The van der Waals surface area contributed by atoms with Crippen LogP contribution in [-0.4, -0.2) is 26.9 Å². The lowest BCUT2D eigenvalue weighted by atomic mass is 10.0. The molecule has 3 N–H and O–H groups in total. The first-order valence-electron chi connectivity index (χ1n) is 8.58. The second-order valence-corrected chi connectivity index (χ2v) is 7.28. The fourth-order valence-corrected chi connectivity index (χ4v) is 2.48. The van der Waals surface area contributed by atoms with Crippen LogP contribution in [-0.2, 0) is 11.3 Å². The summed E-state index contributed by atoms with van der Waals surface area (Å²) in [5.74, 6) is -0.513. The molecule has 0 aliphatic carbocycles. The molecule has 8 heteroatoms. The zero-order valence-electron chi connectivity index (χ0n) is 15.9. The minimum Gasteiger partial charge on any atom is -0.347 e. The summed E-state index contributed by atoms with van der Waals surface area (Å²) in [7, 11) is 0. The van der Waals surface area contributed by atoms with Gasteiger partial charge in [0.2, 0.25) is 5.91 Å². The lowest BCUT2D eigenvalue weighted by molar-refractivity contribution is -0.116. The molecular weight excluding hydrogens is 348 g/mol. The highest BCUT2D eigenvalue weighted by molar-refractivity contribution is 5.99. The van der Waals surface area contributed by atoms with Crippen LogP contribution in [0.1, 0.15) is 43.1 Å². The van der Waals surface area contributed by atoms with Crippen LogP contribution in [0.3, 0.4) is 0 Å². The van der Waals surface area contributed by atoms with Crippen LogP contribution in [0.4, 0.5) is 5.69 Å². The third kappa shape index (κ3) is 5.67. The summed E-state index contributed by atoms with van der Waals surface area (Å²) in [4.78, 5) is 49.4. The highest BCUT2D eigenvalue weighted by atomic mass is 16.2. The van der Waals surface area contributed by atoms with Crippen molar-refractivity contribution in [3.63, 3.8) is 0 Å². The van der Waals surface area contributed by atoms with E-state index in [1.807, 2.05) is 20.8 Å². The predicted molar refractivity (Wildman–Crippen MR) is 103 cm³/mol. The van der Waals surface area contributed by atoms with E-state index in [2.05, 4.69) is 15.6 Å². The molecule has 144 valence electrons. The minimum atomic E-state index is -0.563. The third-order valence-corrected chi connectivity index (χ3v) is 3.82. The molecule has 0 saturated heterocycles. The summed E-state index contributed by atoms with van der Waals surface area (Å²) >= 11 is 0. The molecule has 2 rings (SSSR count). The van der Waals surface area contributed by atoms with Crippen molar-refractivity contribution in [2.24, 2.45) is 0 Å². The van der Waals surface area contributed by atoms with Crippen LogP contribution in [0.2, 0.25) is 0 Å². The molecule has 0 aliphatic rings. The lowest BCUT2D eigenvalue weighted by Gasteiger charge is -2.21. The number of benzene rings is 1. The Morgan fingerprint density at radius 3 is 2.48 bits per heavy atom. The Bertz CT molecular complexity index is 967. The molecule has 0 atom stereocenters. The molecule has 1 aromatic heterocycles. The van der Waals surface area contributed by atoms with Crippen LogP contribution in [0, 0.1) is 6.92 Å². The van der Waals surface area contributed by atoms with Gasteiger partial charge in [0.1, 0.15) is 0 Å². The Balaban J connectivity index is 2.07. The number of nitrogens with one attached hydrogen (secondary N) is 3. The van der Waals surface area contributed by atoms with Gasteiger partial charge in [-0.2, -0.15) is 0 Å². The molecule has 2 aromatic rings. The number of amides is 2. The van der Waals surface area contributed by atoms with E-state index in [1.54, 1.807) is 25.1 Å². The average Bonchev–Trinajstić information content (AvgIpc) is 2.54. The number of aryl methyl sites for hydroxylation is 1. The summed E-state index contributed by atoms with van der Waals surface area (Å²) in [5, 5.41) is 5.66. The number of H-pyrrole nitrogens is 1. The molecule has 0 fully saturated rings. The van der Waals surface area contributed by atoms with Gasteiger partial charge >= 0.3 is 5.69 Å². The van der Waals surface area contributed by atoms with Crippen molar-refractivity contribution in [1.29, 1.82) is 0 Å². The Hall–Kier alpha value is -3.16. The number of rotatable bonds is 5. The van der Waals surface area contributed by atoms with Crippen molar-refractivity contribution in [1.82, 2.24) is 14.9 Å². The number of carbonyl (C=O) groups excluding carboxylic acids is 2. The van der Waals surface area contributed by atoms with E-state index in [0.717, 1.165) is 0 Å². The average molecular weight is 372 g/mol. The number of hydrogen-bond donors (Lipinski definition) is 3. The van der Waals surface area contributed by atoms with Gasteiger partial charge in [-0.1, -0.05) is 6.07 Å². The number of aromatic amines is 1. The molecule has 0 radical (unpaired) electrons. The van der Waals surface area contributed by atoms with Crippen LogP contribution in [0.25, 0.3) is 0 Å². The fraction of sp³-hybridized carbons (Fsp3) is 0.368. The van der Waals surface area contributed by atoms with Crippen LogP contribution < -0.4 is 21.9 Å². The molecule has 0 unspecified atom stereocenters. The van der Waals surface area contributed by atoms with E-state index < -0.39 is 11.2 Å². The number of nitrogens with zero attached hydrogens (tertiary/aromatic N) is 1. The number of anilines is 1. The summed E-state index contributed by atoms with van der Waals surface area (Å²) in [6, 6.07) is 6.34. The Morgan fingerprint density at radius 2 is 1.85 bits per heavy atom. The summed E-state index contributed by atoms with van der Waals surface area (Å²) in [5.41, 5.74) is 0.268. The van der Waals surface area contributed by atoms with Gasteiger partial charge in [0.25, 0.3) is 11.5 Å². The standard InChI is InChI=1S/C19H24N4O4/c1-12-13(17(26)22-19(2,3)4)6-5-7-14(12)20-15(24)8-10-23-11-9-16(25)21-18(23)27/h5-7,9,11H,8,10H2,1-4H3,(H,20,24)(H,22,26)(H,21,25,27). The first-order valence-corrected chi connectivity index (χ1v) is 8.58. The zero-order valence-corrected chi connectivity index (χ0v) is 15.9. The van der Waals surface area contributed by atoms with Gasteiger partial charge in [-0.05, 0) is 45.4 Å². The van der Waals surface area contributed by atoms with E-state index in [1.165, 1.54) is 16.8 Å². The maximum absolute atomic E-state index is 12.4. The van der Waals surface area contributed by atoms with E-state index in [9.17, 15) is 19.2 Å². The van der Waals surface area contributed by atoms with E-state index >= 15 is 0 Å². The van der Waals surface area contributed by atoms with Crippen molar-refractivity contribution < 1.29 is 9.59 Å². The van der Waals surface area contributed by atoms with Crippen molar-refractivity contribution in [2.75, 3.05) is 5.32 Å². The zero-order chi connectivity index (χ0) is 20.2. The summed E-state index contributed by atoms with van der Waals surface area (Å²) in [6.45, 7) is 7.57. The smallest absolute Gasteiger partial charge is 0.328 e. The van der Waals surface area contributed by atoms with Gasteiger partial charge in [0.05, 0.1) is 0 Å². The maximum atomic E-state index is 12.4. The van der Waals surface area contributed by atoms with Gasteiger partial charge in [-0.15, -0.1) is 0 Å². The van der Waals surface area contributed by atoms with Gasteiger partial charge in [0, 0.05) is 42.0 Å². The predicted octanol–water partition coefficient (Wildman–Crippen LogP) is 1.40. The van der Waals surface area contributed by atoms with Crippen LogP contribution in [0.5, 0.6) is 0 Å². The topological polar surface area (TPSA) is 113 Å². The highest BCUT2D eigenvalue weighted by Crippen LogP contribution is 2.20. The number of aromatic nitrogens is 2. The molecule has 0 saturated carbocycles. The quantitative estimate of drug-likeness (QED) is 0.736. The SMILES string of the molecule is Cc1c(NC(=O)CCn2ccc(=O)[nH]c2=O)cccc1C(=O)NC(C)(C)C. The molecule has 1 heterocycles. The molecule has 2 amide bonds. The molecule has 8 nitrogen and oxygen atoms in total. The normalized spacial score (nSPS) is 11.1. The van der Waals surface area contributed by atoms with E-state index in [-0.39, 0.29) is 30.3 Å². The molecule has 1 aromatic carbocycles. The number of carbonyl (C=O) groups is 2. The Labute approximate surface area is 156 Å². The van der Waals surface area contributed by atoms with Crippen molar-refractivity contribution in [3.05, 3.63) is 62.4 Å². The summed E-state index contributed by atoms with van der Waals surface area (Å²) < 4.78 is 1.25. The molecule has 0 bridgehead atoms. The molecule has 0 spiro atoms. The number of hydrogen-bond acceptors (Lipinski definition) is 4. The largest absolute Gasteiger partial charge is 0.347 e. The second kappa shape index (κ2) is 8.03. The second-order valence-electron chi connectivity index (χ2n) is 7.28. The van der Waals surface area contributed by atoms with E-state index in [4.69, 9.17) is 0 Å². The summed E-state index contributed by atoms with van der Waals surface area (Å²) in [6.07, 6.45) is 1.39. The van der Waals surface area contributed by atoms with Gasteiger partial charge < -0.3 is 15.2 Å². The first kappa shape index (κ1) is 20.2. The van der Waals surface area contributed by atoms with Crippen molar-refractivity contribution >= 4 is 17.5 Å². The third-order valence-electron chi connectivity index (χ3n) is 3.82. The highest BCUT2D eigenvalue weighted by Gasteiger charge is 2.18.